The topological polar surface area (TPSA) is 75.4 Å². The smallest absolute Gasteiger partial charge is 0.278 e. The van der Waals surface area contributed by atoms with E-state index in [0.29, 0.717) is 5.56 Å². The van der Waals surface area contributed by atoms with Crippen molar-refractivity contribution in [1.29, 1.82) is 0 Å². The Bertz CT molecular complexity index is 445. The third-order valence-corrected chi connectivity index (χ3v) is 3.31. The molecule has 17 heavy (non-hydrogen) atoms. The largest absolute Gasteiger partial charge is 0.506 e. The summed E-state index contributed by atoms with van der Waals surface area (Å²) in [5.74, 6) is -0.180. The van der Waals surface area contributed by atoms with Crippen molar-refractivity contribution in [2.24, 2.45) is 0 Å². The van der Waals surface area contributed by atoms with E-state index in [9.17, 15) is 15.2 Å². The minimum absolute atomic E-state index is 0.0775. The van der Waals surface area contributed by atoms with E-state index in [-0.39, 0.29) is 22.5 Å². The summed E-state index contributed by atoms with van der Waals surface area (Å²) in [4.78, 5) is 10.5. The number of halogens is 1. The molecule has 0 spiro atoms. The molecule has 0 aromatic heterocycles. The third-order valence-electron chi connectivity index (χ3n) is 3.00. The zero-order valence-electron chi connectivity index (χ0n) is 9.15. The van der Waals surface area contributed by atoms with Crippen LogP contribution in [0.3, 0.4) is 0 Å². The van der Waals surface area contributed by atoms with E-state index in [4.69, 9.17) is 11.6 Å². The summed E-state index contributed by atoms with van der Waals surface area (Å²) in [6.07, 6.45) is 2.81. The number of rotatable bonds is 2. The first kappa shape index (κ1) is 12.1. The molecule has 1 fully saturated rings. The number of hydrogen-bond acceptors (Lipinski definition) is 4. The summed E-state index contributed by atoms with van der Waals surface area (Å²) >= 11 is 5.81. The maximum absolute atomic E-state index is 11.0. The maximum Gasteiger partial charge on any atom is 0.278 e. The molecular formula is C11H13ClN2O3. The zero-order valence-corrected chi connectivity index (χ0v) is 9.91. The Balaban J connectivity index is 2.48. The van der Waals surface area contributed by atoms with Gasteiger partial charge in [-0.3, -0.25) is 10.1 Å². The Morgan fingerprint density at radius 3 is 2.82 bits per heavy atom. The van der Waals surface area contributed by atoms with Gasteiger partial charge in [-0.2, -0.15) is 0 Å². The highest BCUT2D eigenvalue weighted by molar-refractivity contribution is 6.32. The molecule has 1 aromatic carbocycles. The Hall–Kier alpha value is -1.33. The molecule has 1 aliphatic heterocycles. The van der Waals surface area contributed by atoms with Crippen LogP contribution in [0.5, 0.6) is 5.75 Å². The van der Waals surface area contributed by atoms with E-state index in [0.717, 1.165) is 25.8 Å². The molecule has 92 valence electrons. The summed E-state index contributed by atoms with van der Waals surface area (Å²) in [6, 6.07) is 2.50. The van der Waals surface area contributed by atoms with Gasteiger partial charge >= 0.3 is 0 Å². The Morgan fingerprint density at radius 2 is 2.24 bits per heavy atom. The van der Waals surface area contributed by atoms with Crippen molar-refractivity contribution in [2.75, 3.05) is 6.54 Å². The van der Waals surface area contributed by atoms with Gasteiger partial charge in [-0.25, -0.2) is 0 Å². The molecule has 0 radical (unpaired) electrons. The number of hydrogen-bond donors (Lipinski definition) is 2. The van der Waals surface area contributed by atoms with E-state index < -0.39 is 4.92 Å². The van der Waals surface area contributed by atoms with Gasteiger partial charge < -0.3 is 10.4 Å². The minimum atomic E-state index is -0.484. The molecule has 5 nitrogen and oxygen atoms in total. The molecular weight excluding hydrogens is 244 g/mol. The molecule has 1 aliphatic rings. The molecule has 1 atom stereocenters. The van der Waals surface area contributed by atoms with Gasteiger partial charge in [0, 0.05) is 12.1 Å². The summed E-state index contributed by atoms with van der Waals surface area (Å²) in [5, 5.41) is 24.2. The minimum Gasteiger partial charge on any atom is -0.506 e. The van der Waals surface area contributed by atoms with E-state index in [1.54, 1.807) is 0 Å². The summed E-state index contributed by atoms with van der Waals surface area (Å²) in [5.41, 5.74) is 0.230. The average Bonchev–Trinajstić information content (AvgIpc) is 2.33. The average molecular weight is 257 g/mol. The quantitative estimate of drug-likeness (QED) is 0.630. The molecule has 1 heterocycles. The fraction of sp³-hybridized carbons (Fsp3) is 0.455. The van der Waals surface area contributed by atoms with Gasteiger partial charge in [0.15, 0.2) is 0 Å². The maximum atomic E-state index is 11.0. The lowest BCUT2D eigenvalue weighted by Gasteiger charge is -2.24. The predicted octanol–water partition coefficient (Wildman–Crippen LogP) is 2.77. The standard InChI is InChI=1S/C11H13ClN2O3/c12-7-4-5-9(14(16)17)10(11(7)15)8-3-1-2-6-13-8/h4-5,8,13,15H,1-3,6H2/t8-/m1/s1. The number of piperidine rings is 1. The van der Waals surface area contributed by atoms with Crippen LogP contribution in [-0.2, 0) is 0 Å². The zero-order chi connectivity index (χ0) is 12.4. The van der Waals surface area contributed by atoms with Crippen LogP contribution in [0.4, 0.5) is 5.69 Å². The molecule has 0 saturated carbocycles. The molecule has 1 saturated heterocycles. The SMILES string of the molecule is O=[N+]([O-])c1ccc(Cl)c(O)c1[C@H]1CCCCN1. The summed E-state index contributed by atoms with van der Waals surface area (Å²) in [6.45, 7) is 0.799. The van der Waals surface area contributed by atoms with E-state index in [2.05, 4.69) is 5.32 Å². The predicted molar refractivity (Wildman–Crippen MR) is 64.4 cm³/mol. The fourth-order valence-electron chi connectivity index (χ4n) is 2.17. The number of phenols is 1. The Morgan fingerprint density at radius 1 is 1.47 bits per heavy atom. The Labute approximate surface area is 104 Å². The normalized spacial score (nSPS) is 20.2. The highest BCUT2D eigenvalue weighted by atomic mass is 35.5. The lowest BCUT2D eigenvalue weighted by Crippen LogP contribution is -2.27. The molecule has 6 heteroatoms. The van der Waals surface area contributed by atoms with Gasteiger partial charge in [0.1, 0.15) is 5.75 Å². The van der Waals surface area contributed by atoms with Crippen LogP contribution >= 0.6 is 11.6 Å². The van der Waals surface area contributed by atoms with Crippen LogP contribution in [0.2, 0.25) is 5.02 Å². The van der Waals surface area contributed by atoms with Crippen molar-refractivity contribution in [3.8, 4) is 5.75 Å². The van der Waals surface area contributed by atoms with E-state index in [1.165, 1.54) is 12.1 Å². The monoisotopic (exact) mass is 256 g/mol. The second kappa shape index (κ2) is 4.89. The van der Waals surface area contributed by atoms with Gasteiger partial charge in [-0.05, 0) is 25.5 Å². The molecule has 2 rings (SSSR count). The van der Waals surface area contributed by atoms with Gasteiger partial charge in [0.2, 0.25) is 0 Å². The second-order valence-electron chi connectivity index (χ2n) is 4.09. The van der Waals surface area contributed by atoms with Crippen molar-refractivity contribution in [2.45, 2.75) is 25.3 Å². The van der Waals surface area contributed by atoms with Crippen LogP contribution < -0.4 is 5.32 Å². The van der Waals surface area contributed by atoms with Crippen LogP contribution in [0.25, 0.3) is 0 Å². The number of aromatic hydroxyl groups is 1. The number of nitrogens with zero attached hydrogens (tertiary/aromatic N) is 1. The first-order chi connectivity index (χ1) is 8.11. The molecule has 1 aromatic rings. The molecule has 0 bridgehead atoms. The van der Waals surface area contributed by atoms with Gasteiger partial charge in [-0.1, -0.05) is 18.0 Å². The molecule has 0 amide bonds. The lowest BCUT2D eigenvalue weighted by atomic mass is 9.95. The van der Waals surface area contributed by atoms with Crippen LogP contribution in [-0.4, -0.2) is 16.6 Å². The van der Waals surface area contributed by atoms with Crippen LogP contribution in [0.15, 0.2) is 12.1 Å². The van der Waals surface area contributed by atoms with Crippen molar-refractivity contribution >= 4 is 17.3 Å². The summed E-state index contributed by atoms with van der Waals surface area (Å²) < 4.78 is 0. The third kappa shape index (κ3) is 2.35. The molecule has 0 aliphatic carbocycles. The fourth-order valence-corrected chi connectivity index (χ4v) is 2.34. The second-order valence-corrected chi connectivity index (χ2v) is 4.50. The highest BCUT2D eigenvalue weighted by Gasteiger charge is 2.28. The van der Waals surface area contributed by atoms with Crippen molar-refractivity contribution in [3.05, 3.63) is 32.8 Å². The summed E-state index contributed by atoms with van der Waals surface area (Å²) in [7, 11) is 0. The Kier molecular flexibility index (Phi) is 3.49. The van der Waals surface area contributed by atoms with Gasteiger partial charge in [-0.15, -0.1) is 0 Å². The first-order valence-electron chi connectivity index (χ1n) is 5.50. The number of nitro benzene ring substituents is 1. The van der Waals surface area contributed by atoms with Gasteiger partial charge in [0.25, 0.3) is 5.69 Å². The van der Waals surface area contributed by atoms with Crippen LogP contribution in [0.1, 0.15) is 30.9 Å². The van der Waals surface area contributed by atoms with Crippen molar-refractivity contribution < 1.29 is 10.0 Å². The van der Waals surface area contributed by atoms with Gasteiger partial charge in [0.05, 0.1) is 15.5 Å². The highest BCUT2D eigenvalue weighted by Crippen LogP contribution is 2.40. The van der Waals surface area contributed by atoms with E-state index in [1.807, 2.05) is 0 Å². The number of phenolic OH excluding ortho intramolecular Hbond substituents is 1. The first-order valence-corrected chi connectivity index (χ1v) is 5.88. The number of benzene rings is 1. The van der Waals surface area contributed by atoms with Crippen molar-refractivity contribution in [1.82, 2.24) is 5.32 Å². The number of nitrogens with one attached hydrogen (secondary N) is 1. The van der Waals surface area contributed by atoms with Crippen molar-refractivity contribution in [3.63, 3.8) is 0 Å². The van der Waals surface area contributed by atoms with E-state index >= 15 is 0 Å². The van der Waals surface area contributed by atoms with Crippen LogP contribution in [0, 0.1) is 10.1 Å². The lowest BCUT2D eigenvalue weighted by molar-refractivity contribution is -0.385. The molecule has 0 unspecified atom stereocenters. The molecule has 2 N–H and O–H groups in total. The number of nitro groups is 1.